The fourth-order valence-corrected chi connectivity index (χ4v) is 1.36. The number of hydrogen-bond acceptors (Lipinski definition) is 5. The molecule has 0 saturated carbocycles. The van der Waals surface area contributed by atoms with E-state index in [1.165, 1.54) is 20.4 Å². The van der Waals surface area contributed by atoms with Crippen LogP contribution in [0.15, 0.2) is 24.4 Å². The predicted octanol–water partition coefficient (Wildman–Crippen LogP) is 0.390. The summed E-state index contributed by atoms with van der Waals surface area (Å²) >= 11 is 0. The Morgan fingerprint density at radius 1 is 1.39 bits per heavy atom. The molecule has 0 bridgehead atoms. The average molecular weight is 252 g/mol. The van der Waals surface area contributed by atoms with Crippen LogP contribution >= 0.6 is 0 Å². The standard InChI is InChI=1S/C12H16N2O4/c1-17-8-6-10(12(16)18-2)14-11(15)9-5-3-4-7-13-9/h3-5,7,10H,6,8H2,1-2H3,(H,14,15)/t10-/m0/s1. The summed E-state index contributed by atoms with van der Waals surface area (Å²) in [6.45, 7) is 0.349. The molecular weight excluding hydrogens is 236 g/mol. The Morgan fingerprint density at radius 2 is 2.17 bits per heavy atom. The third-order valence-corrected chi connectivity index (χ3v) is 2.30. The van der Waals surface area contributed by atoms with Crippen LogP contribution in [-0.4, -0.2) is 43.7 Å². The zero-order chi connectivity index (χ0) is 13.4. The number of nitrogens with zero attached hydrogens (tertiary/aromatic N) is 1. The summed E-state index contributed by atoms with van der Waals surface area (Å²) in [5.74, 6) is -0.918. The van der Waals surface area contributed by atoms with Gasteiger partial charge in [-0.1, -0.05) is 6.07 Å². The third-order valence-electron chi connectivity index (χ3n) is 2.30. The lowest BCUT2D eigenvalue weighted by Crippen LogP contribution is -2.42. The number of amides is 1. The minimum atomic E-state index is -0.732. The molecule has 6 heteroatoms. The van der Waals surface area contributed by atoms with Gasteiger partial charge in [0.2, 0.25) is 0 Å². The molecule has 0 fully saturated rings. The molecule has 0 aromatic carbocycles. The van der Waals surface area contributed by atoms with Crippen molar-refractivity contribution in [1.82, 2.24) is 10.3 Å². The normalized spacial score (nSPS) is 11.7. The molecule has 0 aliphatic carbocycles. The van der Waals surface area contributed by atoms with Crippen LogP contribution in [0.4, 0.5) is 0 Å². The van der Waals surface area contributed by atoms with Gasteiger partial charge in [-0.2, -0.15) is 0 Å². The molecule has 1 amide bonds. The Bertz CT molecular complexity index is 394. The van der Waals surface area contributed by atoms with E-state index >= 15 is 0 Å². The zero-order valence-electron chi connectivity index (χ0n) is 10.4. The third kappa shape index (κ3) is 4.14. The van der Waals surface area contributed by atoms with Crippen molar-refractivity contribution in [2.75, 3.05) is 20.8 Å². The van der Waals surface area contributed by atoms with Crippen molar-refractivity contribution in [2.45, 2.75) is 12.5 Å². The van der Waals surface area contributed by atoms with E-state index in [0.717, 1.165) is 0 Å². The summed E-state index contributed by atoms with van der Waals surface area (Å²) in [5.41, 5.74) is 0.254. The van der Waals surface area contributed by atoms with Gasteiger partial charge >= 0.3 is 5.97 Å². The van der Waals surface area contributed by atoms with E-state index < -0.39 is 17.9 Å². The van der Waals surface area contributed by atoms with Crippen molar-refractivity contribution >= 4 is 11.9 Å². The van der Waals surface area contributed by atoms with Gasteiger partial charge in [-0.15, -0.1) is 0 Å². The molecular formula is C12H16N2O4. The van der Waals surface area contributed by atoms with E-state index in [1.54, 1.807) is 18.2 Å². The molecule has 0 aliphatic rings. The van der Waals surface area contributed by atoms with Crippen LogP contribution < -0.4 is 5.32 Å². The summed E-state index contributed by atoms with van der Waals surface area (Å²) in [6.07, 6.45) is 1.86. The highest BCUT2D eigenvalue weighted by molar-refractivity contribution is 5.95. The summed E-state index contributed by atoms with van der Waals surface area (Å²) in [4.78, 5) is 27.2. The Labute approximate surface area is 105 Å². The number of carbonyl (C=O) groups is 2. The summed E-state index contributed by atoms with van der Waals surface area (Å²) in [7, 11) is 2.80. The largest absolute Gasteiger partial charge is 0.467 e. The van der Waals surface area contributed by atoms with Crippen LogP contribution in [0.2, 0.25) is 0 Å². The van der Waals surface area contributed by atoms with Crippen molar-refractivity contribution < 1.29 is 19.1 Å². The topological polar surface area (TPSA) is 77.5 Å². The monoisotopic (exact) mass is 252 g/mol. The zero-order valence-corrected chi connectivity index (χ0v) is 10.4. The molecule has 1 rings (SSSR count). The maximum absolute atomic E-state index is 11.8. The highest BCUT2D eigenvalue weighted by atomic mass is 16.5. The number of nitrogens with one attached hydrogen (secondary N) is 1. The molecule has 1 N–H and O–H groups in total. The van der Waals surface area contributed by atoms with Crippen molar-refractivity contribution in [3.8, 4) is 0 Å². The summed E-state index contributed by atoms with van der Waals surface area (Å²) in [6, 6.07) is 4.24. The first kappa shape index (κ1) is 14.1. The van der Waals surface area contributed by atoms with Crippen LogP contribution in [0.1, 0.15) is 16.9 Å². The Balaban J connectivity index is 2.65. The second-order valence-electron chi connectivity index (χ2n) is 3.55. The molecule has 6 nitrogen and oxygen atoms in total. The SMILES string of the molecule is COCC[C@H](NC(=O)c1ccccn1)C(=O)OC. The molecule has 18 heavy (non-hydrogen) atoms. The number of methoxy groups -OCH3 is 2. The molecule has 0 spiro atoms. The quantitative estimate of drug-likeness (QED) is 0.741. The van der Waals surface area contributed by atoms with Crippen LogP contribution in [0.3, 0.4) is 0 Å². The minimum absolute atomic E-state index is 0.254. The lowest BCUT2D eigenvalue weighted by molar-refractivity contribution is -0.143. The van der Waals surface area contributed by atoms with Gasteiger partial charge in [-0.25, -0.2) is 4.79 Å². The van der Waals surface area contributed by atoms with Gasteiger partial charge in [0.1, 0.15) is 11.7 Å². The second kappa shape index (κ2) is 7.39. The van der Waals surface area contributed by atoms with E-state index in [0.29, 0.717) is 13.0 Å². The van der Waals surface area contributed by atoms with Crippen LogP contribution in [0.5, 0.6) is 0 Å². The molecule has 0 aliphatic heterocycles. The van der Waals surface area contributed by atoms with Gasteiger partial charge < -0.3 is 14.8 Å². The number of aromatic nitrogens is 1. The first-order valence-electron chi connectivity index (χ1n) is 5.47. The Hall–Kier alpha value is -1.95. The van der Waals surface area contributed by atoms with E-state index in [-0.39, 0.29) is 5.69 Å². The lowest BCUT2D eigenvalue weighted by Gasteiger charge is -2.15. The molecule has 1 aromatic heterocycles. The molecule has 98 valence electrons. The average Bonchev–Trinajstić information content (AvgIpc) is 2.43. The molecule has 0 radical (unpaired) electrons. The van der Waals surface area contributed by atoms with Crippen LogP contribution in [0.25, 0.3) is 0 Å². The first-order chi connectivity index (χ1) is 8.69. The number of rotatable bonds is 6. The maximum atomic E-state index is 11.8. The highest BCUT2D eigenvalue weighted by Crippen LogP contribution is 1.99. The summed E-state index contributed by atoms with van der Waals surface area (Å²) < 4.78 is 9.50. The first-order valence-corrected chi connectivity index (χ1v) is 5.47. The van der Waals surface area contributed by atoms with E-state index in [9.17, 15) is 9.59 Å². The fourth-order valence-electron chi connectivity index (χ4n) is 1.36. The number of hydrogen-bond donors (Lipinski definition) is 1. The maximum Gasteiger partial charge on any atom is 0.328 e. The molecule has 1 atom stereocenters. The molecule has 0 unspecified atom stereocenters. The Morgan fingerprint density at radius 3 is 2.72 bits per heavy atom. The van der Waals surface area contributed by atoms with Crippen molar-refractivity contribution in [3.05, 3.63) is 30.1 Å². The van der Waals surface area contributed by atoms with Gasteiger partial charge in [-0.3, -0.25) is 9.78 Å². The number of esters is 1. The van der Waals surface area contributed by atoms with Crippen molar-refractivity contribution in [2.24, 2.45) is 0 Å². The fraction of sp³-hybridized carbons (Fsp3) is 0.417. The van der Waals surface area contributed by atoms with E-state index in [1.807, 2.05) is 0 Å². The van der Waals surface area contributed by atoms with E-state index in [2.05, 4.69) is 15.0 Å². The van der Waals surface area contributed by atoms with Crippen LogP contribution in [-0.2, 0) is 14.3 Å². The highest BCUT2D eigenvalue weighted by Gasteiger charge is 2.22. The van der Waals surface area contributed by atoms with Crippen molar-refractivity contribution in [1.29, 1.82) is 0 Å². The van der Waals surface area contributed by atoms with E-state index in [4.69, 9.17) is 4.74 Å². The number of pyridine rings is 1. The minimum Gasteiger partial charge on any atom is -0.467 e. The van der Waals surface area contributed by atoms with Crippen molar-refractivity contribution in [3.63, 3.8) is 0 Å². The number of ether oxygens (including phenoxy) is 2. The molecule has 1 aromatic rings. The molecule has 0 saturated heterocycles. The number of carbonyl (C=O) groups excluding carboxylic acids is 2. The van der Waals surface area contributed by atoms with Gasteiger partial charge in [0.15, 0.2) is 0 Å². The van der Waals surface area contributed by atoms with Crippen LogP contribution in [0, 0.1) is 0 Å². The molecule has 1 heterocycles. The van der Waals surface area contributed by atoms with Gasteiger partial charge in [0.05, 0.1) is 7.11 Å². The Kier molecular flexibility index (Phi) is 5.79. The smallest absolute Gasteiger partial charge is 0.328 e. The predicted molar refractivity (Wildman–Crippen MR) is 64.0 cm³/mol. The second-order valence-corrected chi connectivity index (χ2v) is 3.55. The summed E-state index contributed by atoms with van der Waals surface area (Å²) in [5, 5.41) is 2.56. The van der Waals surface area contributed by atoms with Gasteiger partial charge in [-0.05, 0) is 12.1 Å². The van der Waals surface area contributed by atoms with Gasteiger partial charge in [0.25, 0.3) is 5.91 Å². The lowest BCUT2D eigenvalue weighted by atomic mass is 10.2. The van der Waals surface area contributed by atoms with Gasteiger partial charge in [0, 0.05) is 26.3 Å².